The summed E-state index contributed by atoms with van der Waals surface area (Å²) in [4.78, 5) is 0. The summed E-state index contributed by atoms with van der Waals surface area (Å²) >= 11 is 6.00. The van der Waals surface area contributed by atoms with Gasteiger partial charge in [0.15, 0.2) is 0 Å². The molecular formula is C15H10ClFO2. The molecule has 0 aliphatic carbocycles. The van der Waals surface area contributed by atoms with E-state index in [-0.39, 0.29) is 0 Å². The van der Waals surface area contributed by atoms with E-state index in [4.69, 9.17) is 16.0 Å². The van der Waals surface area contributed by atoms with Crippen LogP contribution in [-0.4, -0.2) is 5.11 Å². The monoisotopic (exact) mass is 276 g/mol. The molecule has 1 aromatic heterocycles. The van der Waals surface area contributed by atoms with E-state index in [1.54, 1.807) is 6.07 Å². The first-order valence-corrected chi connectivity index (χ1v) is 6.14. The summed E-state index contributed by atoms with van der Waals surface area (Å²) in [5, 5.41) is 11.5. The number of rotatable bonds is 2. The van der Waals surface area contributed by atoms with E-state index < -0.39 is 11.9 Å². The first-order chi connectivity index (χ1) is 9.16. The number of benzene rings is 2. The van der Waals surface area contributed by atoms with Gasteiger partial charge in [-0.05, 0) is 24.3 Å². The molecule has 2 nitrogen and oxygen atoms in total. The van der Waals surface area contributed by atoms with Crippen molar-refractivity contribution in [1.82, 2.24) is 0 Å². The van der Waals surface area contributed by atoms with Crippen LogP contribution in [0, 0.1) is 5.82 Å². The van der Waals surface area contributed by atoms with E-state index >= 15 is 0 Å². The van der Waals surface area contributed by atoms with Gasteiger partial charge in [-0.15, -0.1) is 0 Å². The van der Waals surface area contributed by atoms with Crippen LogP contribution in [0.1, 0.15) is 17.2 Å². The Hall–Kier alpha value is -1.84. The zero-order valence-corrected chi connectivity index (χ0v) is 10.6. The quantitative estimate of drug-likeness (QED) is 0.757. The summed E-state index contributed by atoms with van der Waals surface area (Å²) in [6.45, 7) is 0. The maximum absolute atomic E-state index is 13.3. The van der Waals surface area contributed by atoms with Gasteiger partial charge in [-0.25, -0.2) is 4.39 Å². The van der Waals surface area contributed by atoms with Gasteiger partial charge >= 0.3 is 0 Å². The second kappa shape index (κ2) is 4.68. The van der Waals surface area contributed by atoms with Crippen LogP contribution >= 0.6 is 11.6 Å². The summed E-state index contributed by atoms with van der Waals surface area (Å²) in [6, 6.07) is 11.3. The Bertz CT molecular complexity index is 736. The molecule has 2 aromatic carbocycles. The Labute approximate surface area is 114 Å². The smallest absolute Gasteiger partial charge is 0.134 e. The minimum absolute atomic E-state index is 0.319. The fourth-order valence-electron chi connectivity index (χ4n) is 2.10. The van der Waals surface area contributed by atoms with E-state index in [2.05, 4.69) is 0 Å². The molecular weight excluding hydrogens is 267 g/mol. The van der Waals surface area contributed by atoms with Crippen molar-refractivity contribution in [3.63, 3.8) is 0 Å². The van der Waals surface area contributed by atoms with Crippen LogP contribution in [0.2, 0.25) is 5.02 Å². The molecule has 1 N–H and O–H groups in total. The van der Waals surface area contributed by atoms with Crippen molar-refractivity contribution >= 4 is 22.6 Å². The zero-order chi connectivity index (χ0) is 13.4. The number of aliphatic hydroxyl groups is 1. The van der Waals surface area contributed by atoms with Gasteiger partial charge in [-0.1, -0.05) is 29.8 Å². The van der Waals surface area contributed by atoms with Crippen molar-refractivity contribution in [2.24, 2.45) is 0 Å². The molecule has 0 fully saturated rings. The van der Waals surface area contributed by atoms with E-state index in [9.17, 15) is 9.50 Å². The SMILES string of the molecule is OC(c1cc(F)ccc1Cl)c1coc2ccccc12. The van der Waals surface area contributed by atoms with Gasteiger partial charge in [0.05, 0.1) is 6.26 Å². The molecule has 0 aliphatic rings. The maximum atomic E-state index is 13.3. The normalized spacial score (nSPS) is 12.8. The van der Waals surface area contributed by atoms with Crippen molar-refractivity contribution in [3.05, 3.63) is 70.7 Å². The first-order valence-electron chi connectivity index (χ1n) is 5.76. The van der Waals surface area contributed by atoms with Crippen LogP contribution in [0.4, 0.5) is 4.39 Å². The van der Waals surface area contributed by atoms with Crippen LogP contribution in [-0.2, 0) is 0 Å². The van der Waals surface area contributed by atoms with Crippen molar-refractivity contribution < 1.29 is 13.9 Å². The molecule has 1 heterocycles. The molecule has 4 heteroatoms. The molecule has 1 atom stereocenters. The topological polar surface area (TPSA) is 33.4 Å². The summed E-state index contributed by atoms with van der Waals surface area (Å²) < 4.78 is 18.6. The van der Waals surface area contributed by atoms with Crippen LogP contribution in [0.25, 0.3) is 11.0 Å². The van der Waals surface area contributed by atoms with Crippen LogP contribution in [0.15, 0.2) is 53.1 Å². The van der Waals surface area contributed by atoms with Crippen molar-refractivity contribution in [1.29, 1.82) is 0 Å². The van der Waals surface area contributed by atoms with E-state index in [1.807, 2.05) is 18.2 Å². The number of furan rings is 1. The number of hydrogen-bond acceptors (Lipinski definition) is 2. The number of para-hydroxylation sites is 1. The number of aliphatic hydroxyl groups excluding tert-OH is 1. The summed E-state index contributed by atoms with van der Waals surface area (Å²) in [6.07, 6.45) is 0.447. The second-order valence-corrected chi connectivity index (χ2v) is 4.66. The van der Waals surface area contributed by atoms with Gasteiger partial charge in [0.2, 0.25) is 0 Å². The number of hydrogen-bond donors (Lipinski definition) is 1. The zero-order valence-electron chi connectivity index (χ0n) is 9.81. The van der Waals surface area contributed by atoms with E-state index in [0.29, 0.717) is 21.7 Å². The largest absolute Gasteiger partial charge is 0.464 e. The van der Waals surface area contributed by atoms with Crippen molar-refractivity contribution in [2.45, 2.75) is 6.10 Å². The molecule has 0 radical (unpaired) electrons. The maximum Gasteiger partial charge on any atom is 0.134 e. The molecule has 0 amide bonds. The fraction of sp³-hybridized carbons (Fsp3) is 0.0667. The molecule has 3 aromatic rings. The molecule has 0 bridgehead atoms. The minimum atomic E-state index is -1.02. The second-order valence-electron chi connectivity index (χ2n) is 4.26. The molecule has 0 saturated carbocycles. The minimum Gasteiger partial charge on any atom is -0.464 e. The third-order valence-electron chi connectivity index (χ3n) is 3.06. The lowest BCUT2D eigenvalue weighted by atomic mass is 10.0. The van der Waals surface area contributed by atoms with Crippen molar-refractivity contribution in [2.75, 3.05) is 0 Å². The molecule has 19 heavy (non-hydrogen) atoms. The van der Waals surface area contributed by atoms with Crippen LogP contribution in [0.5, 0.6) is 0 Å². The third kappa shape index (κ3) is 2.11. The predicted octanol–water partition coefficient (Wildman–Crippen LogP) is 4.31. The molecule has 0 aliphatic heterocycles. The fourth-order valence-corrected chi connectivity index (χ4v) is 2.32. The van der Waals surface area contributed by atoms with Gasteiger partial charge in [-0.2, -0.15) is 0 Å². The van der Waals surface area contributed by atoms with Gasteiger partial charge in [0, 0.05) is 21.5 Å². The average Bonchev–Trinajstić information content (AvgIpc) is 2.84. The van der Waals surface area contributed by atoms with Gasteiger partial charge < -0.3 is 9.52 Å². The van der Waals surface area contributed by atoms with Crippen LogP contribution < -0.4 is 0 Å². The van der Waals surface area contributed by atoms with Gasteiger partial charge in [-0.3, -0.25) is 0 Å². The number of halogens is 2. The lowest BCUT2D eigenvalue weighted by Crippen LogP contribution is -2.00. The van der Waals surface area contributed by atoms with E-state index in [1.165, 1.54) is 24.5 Å². The van der Waals surface area contributed by atoms with E-state index in [0.717, 1.165) is 5.39 Å². The summed E-state index contributed by atoms with van der Waals surface area (Å²) in [5.41, 5.74) is 1.57. The summed E-state index contributed by atoms with van der Waals surface area (Å²) in [7, 11) is 0. The highest BCUT2D eigenvalue weighted by molar-refractivity contribution is 6.31. The summed E-state index contributed by atoms with van der Waals surface area (Å²) in [5.74, 6) is -0.439. The lowest BCUT2D eigenvalue weighted by molar-refractivity contribution is 0.220. The van der Waals surface area contributed by atoms with Gasteiger partial charge in [0.25, 0.3) is 0 Å². The van der Waals surface area contributed by atoms with Gasteiger partial charge in [0.1, 0.15) is 17.5 Å². The van der Waals surface area contributed by atoms with Crippen molar-refractivity contribution in [3.8, 4) is 0 Å². The Kier molecular flexibility index (Phi) is 3.01. The standard InChI is InChI=1S/C15H10ClFO2/c16-13-6-5-9(17)7-11(13)15(18)12-8-19-14-4-2-1-3-10(12)14/h1-8,15,18H. The highest BCUT2D eigenvalue weighted by Gasteiger charge is 2.19. The molecule has 3 rings (SSSR count). The highest BCUT2D eigenvalue weighted by Crippen LogP contribution is 2.33. The molecule has 96 valence electrons. The average molecular weight is 277 g/mol. The Balaban J connectivity index is 2.13. The third-order valence-corrected chi connectivity index (χ3v) is 3.40. The highest BCUT2D eigenvalue weighted by atomic mass is 35.5. The Morgan fingerprint density at radius 3 is 2.74 bits per heavy atom. The number of fused-ring (bicyclic) bond motifs is 1. The molecule has 0 saturated heterocycles. The first kappa shape index (κ1) is 12.2. The lowest BCUT2D eigenvalue weighted by Gasteiger charge is -2.11. The Morgan fingerprint density at radius 1 is 1.11 bits per heavy atom. The Morgan fingerprint density at radius 2 is 1.89 bits per heavy atom. The molecule has 1 unspecified atom stereocenters. The predicted molar refractivity (Wildman–Crippen MR) is 71.7 cm³/mol. The van der Waals surface area contributed by atoms with Crippen LogP contribution in [0.3, 0.4) is 0 Å². The molecule has 0 spiro atoms.